The molecule has 0 aromatic heterocycles. The molecule has 4 rings (SSSR count). The summed E-state index contributed by atoms with van der Waals surface area (Å²) in [5.74, 6) is -0.672. The smallest absolute Gasteiger partial charge is 0.309 e. The molecule has 0 saturated heterocycles. The van der Waals surface area contributed by atoms with Crippen LogP contribution in [-0.4, -0.2) is 23.5 Å². The van der Waals surface area contributed by atoms with E-state index in [-0.39, 0.29) is 11.3 Å². The van der Waals surface area contributed by atoms with Gasteiger partial charge in [0.15, 0.2) is 0 Å². The summed E-state index contributed by atoms with van der Waals surface area (Å²) in [5, 5.41) is 12.4. The summed E-state index contributed by atoms with van der Waals surface area (Å²) in [5.41, 5.74) is 0.313. The molecule has 0 unspecified atom stereocenters. The van der Waals surface area contributed by atoms with Crippen molar-refractivity contribution in [2.45, 2.75) is 38.5 Å². The van der Waals surface area contributed by atoms with Gasteiger partial charge >= 0.3 is 5.97 Å². The number of nitrogens with one attached hydrogen (secondary N) is 1. The maximum Gasteiger partial charge on any atom is 0.309 e. The molecule has 2 N–H and O–H groups in total. The number of carboxylic acid groups (broad SMARTS) is 1. The number of carbonyl (C=O) groups excluding carboxylic acids is 1. The Kier molecular flexibility index (Phi) is 3.47. The molecule has 1 aromatic rings. The molecule has 4 heteroatoms. The molecule has 0 heterocycles. The summed E-state index contributed by atoms with van der Waals surface area (Å²) in [4.78, 5) is 23.5. The Morgan fingerprint density at radius 3 is 2.10 bits per heavy atom. The number of rotatable bonds is 4. The van der Waals surface area contributed by atoms with Gasteiger partial charge in [-0.3, -0.25) is 9.59 Å². The van der Waals surface area contributed by atoms with E-state index < -0.39 is 11.4 Å². The van der Waals surface area contributed by atoms with Gasteiger partial charge in [-0.15, -0.1) is 0 Å². The third-order valence-corrected chi connectivity index (χ3v) is 5.52. The summed E-state index contributed by atoms with van der Waals surface area (Å²) < 4.78 is 0. The van der Waals surface area contributed by atoms with Crippen LogP contribution in [0.5, 0.6) is 0 Å². The van der Waals surface area contributed by atoms with Crippen LogP contribution in [0.2, 0.25) is 0 Å². The first-order valence-electron chi connectivity index (χ1n) is 7.62. The summed E-state index contributed by atoms with van der Waals surface area (Å²) in [7, 11) is 0. The van der Waals surface area contributed by atoms with Gasteiger partial charge in [0.2, 0.25) is 0 Å². The van der Waals surface area contributed by atoms with E-state index in [1.165, 1.54) is 0 Å². The van der Waals surface area contributed by atoms with E-state index in [9.17, 15) is 14.7 Å². The van der Waals surface area contributed by atoms with Crippen molar-refractivity contribution in [3.05, 3.63) is 35.9 Å². The first-order valence-corrected chi connectivity index (χ1v) is 7.62. The fourth-order valence-electron chi connectivity index (χ4n) is 3.81. The predicted octanol–water partition coefficient (Wildman–Crippen LogP) is 2.84. The first-order chi connectivity index (χ1) is 10.1. The lowest BCUT2D eigenvalue weighted by molar-refractivity contribution is -0.158. The van der Waals surface area contributed by atoms with E-state index in [0.29, 0.717) is 12.1 Å². The van der Waals surface area contributed by atoms with Crippen LogP contribution in [0.3, 0.4) is 0 Å². The molecule has 3 aliphatic rings. The third-order valence-electron chi connectivity index (χ3n) is 5.52. The SMILES string of the molecule is O=C(NCC12CCC(C(=O)O)(CC1)CC2)c1ccccc1. The molecule has 0 atom stereocenters. The largest absolute Gasteiger partial charge is 0.481 e. The zero-order valence-corrected chi connectivity index (χ0v) is 12.1. The standard InChI is InChI=1S/C17H21NO3/c19-14(13-4-2-1-3-5-13)18-12-16-6-9-17(10-7-16,11-8-16)15(20)21/h1-5H,6-12H2,(H,18,19)(H,20,21). The van der Waals surface area contributed by atoms with Crippen molar-refractivity contribution in [3.8, 4) is 0 Å². The maximum atomic E-state index is 12.1. The molecular formula is C17H21NO3. The van der Waals surface area contributed by atoms with Crippen molar-refractivity contribution in [2.75, 3.05) is 6.54 Å². The van der Waals surface area contributed by atoms with Gasteiger partial charge in [0.1, 0.15) is 0 Å². The van der Waals surface area contributed by atoms with Crippen LogP contribution in [0.1, 0.15) is 48.9 Å². The van der Waals surface area contributed by atoms with Gasteiger partial charge in [0, 0.05) is 12.1 Å². The number of carbonyl (C=O) groups is 2. The molecule has 1 amide bonds. The van der Waals surface area contributed by atoms with Crippen molar-refractivity contribution < 1.29 is 14.7 Å². The number of amides is 1. The Bertz CT molecular complexity index is 528. The second-order valence-electron chi connectivity index (χ2n) is 6.63. The fourth-order valence-corrected chi connectivity index (χ4v) is 3.81. The molecule has 0 spiro atoms. The molecule has 3 saturated carbocycles. The van der Waals surface area contributed by atoms with Gasteiger partial charge in [0.05, 0.1) is 5.41 Å². The Morgan fingerprint density at radius 2 is 1.57 bits per heavy atom. The van der Waals surface area contributed by atoms with Gasteiger partial charge < -0.3 is 10.4 Å². The fraction of sp³-hybridized carbons (Fsp3) is 0.529. The molecule has 0 radical (unpaired) electrons. The van der Waals surface area contributed by atoms with Crippen molar-refractivity contribution in [3.63, 3.8) is 0 Å². The number of fused-ring (bicyclic) bond motifs is 3. The molecule has 21 heavy (non-hydrogen) atoms. The highest BCUT2D eigenvalue weighted by Crippen LogP contribution is 2.56. The molecule has 3 fully saturated rings. The summed E-state index contributed by atoms with van der Waals surface area (Å²) in [6, 6.07) is 9.23. The number of hydrogen-bond acceptors (Lipinski definition) is 2. The normalized spacial score (nSPS) is 30.9. The Labute approximate surface area is 124 Å². The van der Waals surface area contributed by atoms with Crippen molar-refractivity contribution in [1.29, 1.82) is 0 Å². The minimum absolute atomic E-state index is 0.0365. The highest BCUT2D eigenvalue weighted by molar-refractivity contribution is 5.94. The highest BCUT2D eigenvalue weighted by Gasteiger charge is 2.52. The van der Waals surface area contributed by atoms with Gasteiger partial charge in [-0.25, -0.2) is 0 Å². The molecule has 2 bridgehead atoms. The van der Waals surface area contributed by atoms with Crippen LogP contribution in [0.25, 0.3) is 0 Å². The lowest BCUT2D eigenvalue weighted by Gasteiger charge is -2.51. The second kappa shape index (κ2) is 5.17. The molecule has 112 valence electrons. The van der Waals surface area contributed by atoms with E-state index in [2.05, 4.69) is 5.32 Å². The number of benzene rings is 1. The average Bonchev–Trinajstić information content (AvgIpc) is 2.55. The Hall–Kier alpha value is -1.84. The van der Waals surface area contributed by atoms with Crippen LogP contribution in [0.15, 0.2) is 30.3 Å². The molecule has 0 aliphatic heterocycles. The Morgan fingerprint density at radius 1 is 1.00 bits per heavy atom. The van der Waals surface area contributed by atoms with Gasteiger partial charge in [-0.1, -0.05) is 18.2 Å². The van der Waals surface area contributed by atoms with E-state index in [0.717, 1.165) is 38.5 Å². The van der Waals surface area contributed by atoms with E-state index in [4.69, 9.17) is 0 Å². The van der Waals surface area contributed by atoms with Crippen molar-refractivity contribution >= 4 is 11.9 Å². The third kappa shape index (κ3) is 2.55. The van der Waals surface area contributed by atoms with E-state index in [1.807, 2.05) is 30.3 Å². The average molecular weight is 287 g/mol. The molecular weight excluding hydrogens is 266 g/mol. The monoisotopic (exact) mass is 287 g/mol. The molecule has 3 aliphatic carbocycles. The lowest BCUT2D eigenvalue weighted by atomic mass is 9.53. The van der Waals surface area contributed by atoms with Crippen molar-refractivity contribution in [1.82, 2.24) is 5.32 Å². The van der Waals surface area contributed by atoms with Crippen LogP contribution in [-0.2, 0) is 4.79 Å². The van der Waals surface area contributed by atoms with Crippen LogP contribution in [0.4, 0.5) is 0 Å². The van der Waals surface area contributed by atoms with Crippen LogP contribution in [0, 0.1) is 10.8 Å². The highest BCUT2D eigenvalue weighted by atomic mass is 16.4. The van der Waals surface area contributed by atoms with Gasteiger partial charge in [-0.05, 0) is 56.1 Å². The van der Waals surface area contributed by atoms with Gasteiger partial charge in [0.25, 0.3) is 5.91 Å². The number of hydrogen-bond donors (Lipinski definition) is 2. The van der Waals surface area contributed by atoms with E-state index in [1.54, 1.807) is 0 Å². The summed E-state index contributed by atoms with van der Waals surface area (Å²) in [6.07, 6.45) is 4.99. The van der Waals surface area contributed by atoms with Gasteiger partial charge in [-0.2, -0.15) is 0 Å². The van der Waals surface area contributed by atoms with Crippen LogP contribution >= 0.6 is 0 Å². The summed E-state index contributed by atoms with van der Waals surface area (Å²) >= 11 is 0. The number of aliphatic carboxylic acids is 1. The maximum absolute atomic E-state index is 12.1. The molecule has 1 aromatic carbocycles. The van der Waals surface area contributed by atoms with E-state index >= 15 is 0 Å². The first kappa shape index (κ1) is 14.1. The quantitative estimate of drug-likeness (QED) is 0.895. The minimum Gasteiger partial charge on any atom is -0.481 e. The zero-order chi connectivity index (χ0) is 14.9. The summed E-state index contributed by atoms with van der Waals surface area (Å²) in [6.45, 7) is 0.663. The van der Waals surface area contributed by atoms with Crippen LogP contribution < -0.4 is 5.32 Å². The number of carboxylic acids is 1. The second-order valence-corrected chi connectivity index (χ2v) is 6.63. The van der Waals surface area contributed by atoms with Crippen molar-refractivity contribution in [2.24, 2.45) is 10.8 Å². The Balaban J connectivity index is 1.60. The molecule has 4 nitrogen and oxygen atoms in total. The minimum atomic E-state index is -0.635. The lowest BCUT2D eigenvalue weighted by Crippen LogP contribution is -2.50. The predicted molar refractivity (Wildman–Crippen MR) is 79.0 cm³/mol. The zero-order valence-electron chi connectivity index (χ0n) is 12.1. The topological polar surface area (TPSA) is 66.4 Å².